The van der Waals surface area contributed by atoms with Gasteiger partial charge in [-0.15, -0.1) is 0 Å². The Kier molecular flexibility index (Phi) is 8.20. The Bertz CT molecular complexity index is 1020. The summed E-state index contributed by atoms with van der Waals surface area (Å²) in [5, 5.41) is 14.6. The van der Waals surface area contributed by atoms with E-state index in [0.29, 0.717) is 27.9 Å². The van der Waals surface area contributed by atoms with Crippen LogP contribution < -0.4 is 10.1 Å². The van der Waals surface area contributed by atoms with Gasteiger partial charge in [0.05, 0.1) is 23.1 Å². The zero-order valence-electron chi connectivity index (χ0n) is 16.9. The van der Waals surface area contributed by atoms with Gasteiger partial charge in [-0.05, 0) is 49.2 Å². The lowest BCUT2D eigenvalue weighted by atomic mass is 10.1. The number of benzene rings is 2. The van der Waals surface area contributed by atoms with Crippen molar-refractivity contribution < 1.29 is 24.2 Å². The van der Waals surface area contributed by atoms with Gasteiger partial charge in [0.1, 0.15) is 5.57 Å². The van der Waals surface area contributed by atoms with Crippen molar-refractivity contribution in [2.45, 2.75) is 13.3 Å². The van der Waals surface area contributed by atoms with E-state index >= 15 is 0 Å². The first-order chi connectivity index (χ1) is 15.0. The smallest absolute Gasteiger partial charge is 0.344 e. The number of ketones is 1. The largest absolute Gasteiger partial charge is 0.504 e. The number of anilines is 1. The highest BCUT2D eigenvalue weighted by atomic mass is 79.9. The number of halogens is 1. The van der Waals surface area contributed by atoms with E-state index in [2.05, 4.69) is 21.2 Å². The van der Waals surface area contributed by atoms with Crippen LogP contribution in [0.5, 0.6) is 11.5 Å². The van der Waals surface area contributed by atoms with Crippen LogP contribution in [0.4, 0.5) is 5.69 Å². The number of hydrogen-bond donors (Lipinski definition) is 2. The van der Waals surface area contributed by atoms with E-state index in [1.165, 1.54) is 6.07 Å². The van der Waals surface area contributed by atoms with Gasteiger partial charge in [0, 0.05) is 11.0 Å². The van der Waals surface area contributed by atoms with Crippen LogP contribution in [0.1, 0.15) is 18.9 Å². The minimum atomic E-state index is -0.666. The number of alkyl halides is 1. The second-order valence-electron chi connectivity index (χ2n) is 6.47. The molecule has 0 radical (unpaired) electrons. The summed E-state index contributed by atoms with van der Waals surface area (Å²) in [6, 6.07) is 14.2. The molecule has 0 spiro atoms. The molecule has 2 aromatic rings. The third-order valence-corrected chi connectivity index (χ3v) is 5.81. The van der Waals surface area contributed by atoms with E-state index in [9.17, 15) is 14.7 Å². The van der Waals surface area contributed by atoms with Crippen molar-refractivity contribution in [3.63, 3.8) is 0 Å². The minimum Gasteiger partial charge on any atom is -0.504 e. The van der Waals surface area contributed by atoms with Gasteiger partial charge in [-0.1, -0.05) is 52.0 Å². The Morgan fingerprint density at radius 3 is 2.68 bits per heavy atom. The van der Waals surface area contributed by atoms with Crippen LogP contribution in [0.3, 0.4) is 0 Å². The predicted molar refractivity (Wildman–Crippen MR) is 126 cm³/mol. The van der Waals surface area contributed by atoms with Gasteiger partial charge in [-0.25, -0.2) is 4.79 Å². The Morgan fingerprint density at radius 1 is 1.23 bits per heavy atom. The number of esters is 1. The predicted octanol–water partition coefficient (Wildman–Crippen LogP) is 5.10. The van der Waals surface area contributed by atoms with Crippen molar-refractivity contribution in [2.75, 3.05) is 23.9 Å². The summed E-state index contributed by atoms with van der Waals surface area (Å²) < 4.78 is 10.6. The van der Waals surface area contributed by atoms with Crippen molar-refractivity contribution in [1.29, 1.82) is 0 Å². The molecule has 0 atom stereocenters. The SMILES string of the molecule is CCOC(=O)C1=C(Nc2ccccc2)S/C(=C\c2ccc(OCCCBr)c(O)c2)C1=O. The topological polar surface area (TPSA) is 84.9 Å². The third-order valence-electron chi connectivity index (χ3n) is 4.22. The van der Waals surface area contributed by atoms with Crippen LogP contribution in [-0.4, -0.2) is 35.4 Å². The zero-order valence-corrected chi connectivity index (χ0v) is 19.3. The Morgan fingerprint density at radius 2 is 2.00 bits per heavy atom. The van der Waals surface area contributed by atoms with Gasteiger partial charge >= 0.3 is 5.97 Å². The molecule has 0 saturated carbocycles. The van der Waals surface area contributed by atoms with Gasteiger partial charge in [-0.2, -0.15) is 0 Å². The van der Waals surface area contributed by atoms with Gasteiger partial charge in [-0.3, -0.25) is 4.79 Å². The Labute approximate surface area is 193 Å². The van der Waals surface area contributed by atoms with Gasteiger partial charge in [0.15, 0.2) is 11.5 Å². The number of allylic oxidation sites excluding steroid dienone is 1. The molecule has 0 bridgehead atoms. The molecule has 0 fully saturated rings. The van der Waals surface area contributed by atoms with Crippen LogP contribution in [0, 0.1) is 0 Å². The minimum absolute atomic E-state index is 0.0134. The molecule has 8 heteroatoms. The number of phenols is 1. The maximum absolute atomic E-state index is 13.0. The van der Waals surface area contributed by atoms with Crippen molar-refractivity contribution in [2.24, 2.45) is 0 Å². The number of ether oxygens (including phenoxy) is 2. The number of hydrogen-bond acceptors (Lipinski definition) is 7. The third kappa shape index (κ3) is 5.92. The molecule has 0 aromatic heterocycles. The average Bonchev–Trinajstić information content (AvgIpc) is 3.05. The number of para-hydroxylation sites is 1. The first kappa shape index (κ1) is 23.0. The van der Waals surface area contributed by atoms with E-state index in [4.69, 9.17) is 9.47 Å². The molecule has 1 aliphatic heterocycles. The molecule has 6 nitrogen and oxygen atoms in total. The number of rotatable bonds is 9. The fourth-order valence-electron chi connectivity index (χ4n) is 2.79. The maximum Gasteiger partial charge on any atom is 0.344 e. The van der Waals surface area contributed by atoms with Crippen LogP contribution >= 0.6 is 27.7 Å². The number of carbonyl (C=O) groups is 2. The van der Waals surface area contributed by atoms with Crippen LogP contribution in [0.25, 0.3) is 6.08 Å². The summed E-state index contributed by atoms with van der Waals surface area (Å²) in [4.78, 5) is 25.8. The highest BCUT2D eigenvalue weighted by molar-refractivity contribution is 9.09. The van der Waals surface area contributed by atoms with E-state index in [-0.39, 0.29) is 17.9 Å². The van der Waals surface area contributed by atoms with Crippen LogP contribution in [0.15, 0.2) is 64.0 Å². The average molecular weight is 504 g/mol. The lowest BCUT2D eigenvalue weighted by molar-refractivity contribution is -0.139. The molecule has 1 heterocycles. The molecule has 0 amide bonds. The lowest BCUT2D eigenvalue weighted by Gasteiger charge is -2.08. The van der Waals surface area contributed by atoms with E-state index < -0.39 is 11.8 Å². The van der Waals surface area contributed by atoms with Gasteiger partial charge < -0.3 is 19.9 Å². The second kappa shape index (κ2) is 11.1. The number of carbonyl (C=O) groups excluding carboxylic acids is 2. The molecule has 3 rings (SSSR count). The number of aromatic hydroxyl groups is 1. The molecule has 162 valence electrons. The number of nitrogens with one attached hydrogen (secondary N) is 1. The monoisotopic (exact) mass is 503 g/mol. The molecule has 0 saturated heterocycles. The molecule has 31 heavy (non-hydrogen) atoms. The first-order valence-corrected chi connectivity index (χ1v) is 11.7. The van der Waals surface area contributed by atoms with Gasteiger partial charge in [0.25, 0.3) is 0 Å². The fraction of sp³-hybridized carbons (Fsp3) is 0.217. The maximum atomic E-state index is 13.0. The summed E-state index contributed by atoms with van der Waals surface area (Å²) in [6.45, 7) is 2.34. The highest BCUT2D eigenvalue weighted by Gasteiger charge is 2.35. The first-order valence-electron chi connectivity index (χ1n) is 9.73. The van der Waals surface area contributed by atoms with E-state index in [1.807, 2.05) is 30.3 Å². The van der Waals surface area contributed by atoms with E-state index in [1.54, 1.807) is 25.1 Å². The quantitative estimate of drug-likeness (QED) is 0.162. The Hall–Kier alpha value is -2.71. The summed E-state index contributed by atoms with van der Waals surface area (Å²) in [5.74, 6) is -0.718. The molecule has 2 N–H and O–H groups in total. The van der Waals surface area contributed by atoms with Crippen LogP contribution in [0.2, 0.25) is 0 Å². The van der Waals surface area contributed by atoms with Crippen LogP contribution in [-0.2, 0) is 14.3 Å². The molecule has 1 aliphatic rings. The Balaban J connectivity index is 1.84. The highest BCUT2D eigenvalue weighted by Crippen LogP contribution is 2.41. The molecule has 2 aromatic carbocycles. The molecule has 0 unspecified atom stereocenters. The van der Waals surface area contributed by atoms with E-state index in [0.717, 1.165) is 29.2 Å². The molecular formula is C23H22BrNO5S. The summed E-state index contributed by atoms with van der Waals surface area (Å²) in [7, 11) is 0. The van der Waals surface area contributed by atoms with Crippen molar-refractivity contribution >= 4 is 51.2 Å². The summed E-state index contributed by atoms with van der Waals surface area (Å²) in [5.41, 5.74) is 1.34. The van der Waals surface area contributed by atoms with Crippen molar-refractivity contribution in [3.05, 3.63) is 69.6 Å². The number of thioether (sulfide) groups is 1. The fourth-order valence-corrected chi connectivity index (χ4v) is 4.08. The normalized spacial score (nSPS) is 14.8. The lowest BCUT2D eigenvalue weighted by Crippen LogP contribution is -2.16. The number of phenolic OH excluding ortho intramolecular Hbond substituents is 1. The number of Topliss-reactive ketones (excluding diaryl/α,β-unsaturated/α-hetero) is 1. The summed E-state index contributed by atoms with van der Waals surface area (Å²) in [6.07, 6.45) is 2.45. The second-order valence-corrected chi connectivity index (χ2v) is 8.32. The molecular weight excluding hydrogens is 482 g/mol. The zero-order chi connectivity index (χ0) is 22.2. The van der Waals surface area contributed by atoms with Crippen molar-refractivity contribution in [3.8, 4) is 11.5 Å². The summed E-state index contributed by atoms with van der Waals surface area (Å²) >= 11 is 4.49. The van der Waals surface area contributed by atoms with Gasteiger partial charge in [0.2, 0.25) is 5.78 Å². The molecule has 0 aliphatic carbocycles. The standard InChI is InChI=1S/C23H22BrNO5S/c1-2-29-23(28)20-21(27)19(31-22(20)25-16-7-4-3-5-8-16)14-15-9-10-18(17(26)13-15)30-12-6-11-24/h3-5,7-10,13-14,25-26H,2,6,11-12H2,1H3/b19-14-. The van der Waals surface area contributed by atoms with Crippen molar-refractivity contribution in [1.82, 2.24) is 0 Å².